The van der Waals surface area contributed by atoms with Gasteiger partial charge in [-0.15, -0.1) is 0 Å². The largest absolute Gasteiger partial charge is 0.396 e. The van der Waals surface area contributed by atoms with Crippen LogP contribution < -0.4 is 5.32 Å². The maximum absolute atomic E-state index is 12.1. The third-order valence-corrected chi connectivity index (χ3v) is 3.64. The highest BCUT2D eigenvalue weighted by Gasteiger charge is 2.24. The highest BCUT2D eigenvalue weighted by atomic mass is 16.3. The molecule has 0 unspecified atom stereocenters. The van der Waals surface area contributed by atoms with Crippen molar-refractivity contribution in [3.63, 3.8) is 0 Å². The SMILES string of the molecule is CC(C)(CO)CNC(=O)c1cccn1C1CCC1. The molecule has 1 fully saturated rings. The van der Waals surface area contributed by atoms with E-state index >= 15 is 0 Å². The van der Waals surface area contributed by atoms with E-state index in [1.807, 2.05) is 32.2 Å². The second-order valence-corrected chi connectivity index (χ2v) is 5.89. The van der Waals surface area contributed by atoms with Gasteiger partial charge in [-0.1, -0.05) is 13.8 Å². The molecular weight excluding hydrogens is 228 g/mol. The number of nitrogens with one attached hydrogen (secondary N) is 1. The second kappa shape index (κ2) is 5.14. The molecule has 0 bridgehead atoms. The predicted octanol–water partition coefficient (Wildman–Crippen LogP) is 1.96. The van der Waals surface area contributed by atoms with Crippen molar-refractivity contribution in [3.8, 4) is 0 Å². The predicted molar refractivity (Wildman–Crippen MR) is 70.5 cm³/mol. The number of hydrogen-bond donors (Lipinski definition) is 2. The molecule has 0 aromatic carbocycles. The number of aliphatic hydroxyl groups excluding tert-OH is 1. The Bertz CT molecular complexity index is 419. The fraction of sp³-hybridized carbons (Fsp3) is 0.643. The molecule has 0 atom stereocenters. The fourth-order valence-electron chi connectivity index (χ4n) is 2.04. The van der Waals surface area contributed by atoms with Crippen LogP contribution in [0.3, 0.4) is 0 Å². The van der Waals surface area contributed by atoms with Crippen LogP contribution in [0.25, 0.3) is 0 Å². The number of amides is 1. The topological polar surface area (TPSA) is 54.3 Å². The van der Waals surface area contributed by atoms with Crippen LogP contribution in [0.1, 0.15) is 49.6 Å². The minimum Gasteiger partial charge on any atom is -0.396 e. The van der Waals surface area contributed by atoms with Gasteiger partial charge in [-0.25, -0.2) is 0 Å². The van der Waals surface area contributed by atoms with E-state index in [9.17, 15) is 9.90 Å². The van der Waals surface area contributed by atoms with E-state index < -0.39 is 0 Å². The van der Waals surface area contributed by atoms with Crippen LogP contribution in [0.15, 0.2) is 18.3 Å². The van der Waals surface area contributed by atoms with Gasteiger partial charge in [0.15, 0.2) is 0 Å². The first-order chi connectivity index (χ1) is 8.53. The Labute approximate surface area is 108 Å². The van der Waals surface area contributed by atoms with Gasteiger partial charge >= 0.3 is 0 Å². The summed E-state index contributed by atoms with van der Waals surface area (Å²) in [6.45, 7) is 4.41. The molecule has 0 aliphatic heterocycles. The molecule has 4 heteroatoms. The summed E-state index contributed by atoms with van der Waals surface area (Å²) in [4.78, 5) is 12.1. The van der Waals surface area contributed by atoms with E-state index in [1.54, 1.807) is 0 Å². The molecule has 1 saturated carbocycles. The Morgan fingerprint density at radius 3 is 2.83 bits per heavy atom. The summed E-state index contributed by atoms with van der Waals surface area (Å²) in [5, 5.41) is 12.1. The maximum Gasteiger partial charge on any atom is 0.267 e. The number of nitrogens with zero attached hydrogens (tertiary/aromatic N) is 1. The number of aromatic nitrogens is 1. The third-order valence-electron chi connectivity index (χ3n) is 3.64. The standard InChI is InChI=1S/C14H22N2O2/c1-14(2,10-17)9-15-13(18)12-7-4-8-16(12)11-5-3-6-11/h4,7-8,11,17H,3,5-6,9-10H2,1-2H3,(H,15,18). The van der Waals surface area contributed by atoms with E-state index in [-0.39, 0.29) is 17.9 Å². The van der Waals surface area contributed by atoms with Gasteiger partial charge in [0.1, 0.15) is 5.69 Å². The molecule has 100 valence electrons. The van der Waals surface area contributed by atoms with Crippen LogP contribution in [0.4, 0.5) is 0 Å². The lowest BCUT2D eigenvalue weighted by Crippen LogP contribution is -2.37. The lowest BCUT2D eigenvalue weighted by atomic mass is 9.92. The molecule has 1 aliphatic carbocycles. The summed E-state index contributed by atoms with van der Waals surface area (Å²) in [6, 6.07) is 4.27. The maximum atomic E-state index is 12.1. The van der Waals surface area contributed by atoms with Crippen LogP contribution in [0.5, 0.6) is 0 Å². The lowest BCUT2D eigenvalue weighted by molar-refractivity contribution is 0.0896. The summed E-state index contributed by atoms with van der Waals surface area (Å²) in [7, 11) is 0. The molecular formula is C14H22N2O2. The average Bonchev–Trinajstić information content (AvgIpc) is 2.73. The first-order valence-corrected chi connectivity index (χ1v) is 6.59. The van der Waals surface area contributed by atoms with Gasteiger partial charge in [0.05, 0.1) is 0 Å². The lowest BCUT2D eigenvalue weighted by Gasteiger charge is -2.29. The monoisotopic (exact) mass is 250 g/mol. The summed E-state index contributed by atoms with van der Waals surface area (Å²) in [6.07, 6.45) is 5.56. The molecule has 1 heterocycles. The van der Waals surface area contributed by atoms with Crippen molar-refractivity contribution >= 4 is 5.91 Å². The van der Waals surface area contributed by atoms with Crippen LogP contribution in [-0.2, 0) is 0 Å². The van der Waals surface area contributed by atoms with Crippen molar-refractivity contribution in [1.29, 1.82) is 0 Å². The second-order valence-electron chi connectivity index (χ2n) is 5.89. The molecule has 2 N–H and O–H groups in total. The quantitative estimate of drug-likeness (QED) is 0.839. The summed E-state index contributed by atoms with van der Waals surface area (Å²) >= 11 is 0. The Hall–Kier alpha value is -1.29. The van der Waals surface area contributed by atoms with E-state index in [2.05, 4.69) is 9.88 Å². The van der Waals surface area contributed by atoms with Crippen LogP contribution in [0.2, 0.25) is 0 Å². The molecule has 18 heavy (non-hydrogen) atoms. The van der Waals surface area contributed by atoms with Gasteiger partial charge < -0.3 is 15.0 Å². The number of carbonyl (C=O) groups excluding carboxylic acids is 1. The zero-order valence-electron chi connectivity index (χ0n) is 11.1. The molecule has 1 aromatic heterocycles. The highest BCUT2D eigenvalue weighted by Crippen LogP contribution is 2.32. The van der Waals surface area contributed by atoms with E-state index in [1.165, 1.54) is 6.42 Å². The van der Waals surface area contributed by atoms with Gasteiger partial charge in [0.2, 0.25) is 0 Å². The molecule has 2 rings (SSSR count). The van der Waals surface area contributed by atoms with E-state index in [0.29, 0.717) is 12.6 Å². The van der Waals surface area contributed by atoms with Crippen molar-refractivity contribution in [2.75, 3.05) is 13.2 Å². The van der Waals surface area contributed by atoms with Gasteiger partial charge in [-0.3, -0.25) is 4.79 Å². The smallest absolute Gasteiger partial charge is 0.267 e. The molecule has 0 radical (unpaired) electrons. The number of carbonyl (C=O) groups is 1. The van der Waals surface area contributed by atoms with Crippen LogP contribution in [0, 0.1) is 5.41 Å². The molecule has 0 saturated heterocycles. The fourth-order valence-corrected chi connectivity index (χ4v) is 2.04. The zero-order valence-corrected chi connectivity index (χ0v) is 11.1. The van der Waals surface area contributed by atoms with E-state index in [0.717, 1.165) is 18.5 Å². The molecule has 0 spiro atoms. The zero-order chi connectivity index (χ0) is 13.2. The van der Waals surface area contributed by atoms with Crippen molar-refractivity contribution in [2.24, 2.45) is 5.41 Å². The van der Waals surface area contributed by atoms with Crippen LogP contribution in [-0.4, -0.2) is 28.7 Å². The first-order valence-electron chi connectivity index (χ1n) is 6.59. The van der Waals surface area contributed by atoms with Crippen molar-refractivity contribution < 1.29 is 9.90 Å². The summed E-state index contributed by atoms with van der Waals surface area (Å²) < 4.78 is 2.07. The molecule has 1 amide bonds. The Morgan fingerprint density at radius 1 is 1.56 bits per heavy atom. The van der Waals surface area contributed by atoms with Crippen LogP contribution >= 0.6 is 0 Å². The normalized spacial score (nSPS) is 16.4. The first kappa shape index (κ1) is 13.1. The Balaban J connectivity index is 1.98. The van der Waals surface area contributed by atoms with Gasteiger partial charge in [0, 0.05) is 30.8 Å². The van der Waals surface area contributed by atoms with Gasteiger partial charge in [0.25, 0.3) is 5.91 Å². The molecule has 4 nitrogen and oxygen atoms in total. The van der Waals surface area contributed by atoms with Crippen molar-refractivity contribution in [3.05, 3.63) is 24.0 Å². The van der Waals surface area contributed by atoms with Crippen molar-refractivity contribution in [1.82, 2.24) is 9.88 Å². The third kappa shape index (κ3) is 2.75. The van der Waals surface area contributed by atoms with E-state index in [4.69, 9.17) is 0 Å². The minimum atomic E-state index is -0.274. The number of aliphatic hydroxyl groups is 1. The Kier molecular flexibility index (Phi) is 3.76. The minimum absolute atomic E-state index is 0.0478. The van der Waals surface area contributed by atoms with Gasteiger partial charge in [-0.05, 0) is 31.4 Å². The van der Waals surface area contributed by atoms with Crippen molar-refractivity contribution in [2.45, 2.75) is 39.2 Å². The molecule has 1 aliphatic rings. The average molecular weight is 250 g/mol. The number of hydrogen-bond acceptors (Lipinski definition) is 2. The highest BCUT2D eigenvalue weighted by molar-refractivity contribution is 5.92. The molecule has 1 aromatic rings. The summed E-state index contributed by atoms with van der Waals surface area (Å²) in [5.41, 5.74) is 0.456. The Morgan fingerprint density at radius 2 is 2.28 bits per heavy atom. The van der Waals surface area contributed by atoms with Gasteiger partial charge in [-0.2, -0.15) is 0 Å². The summed E-state index contributed by atoms with van der Waals surface area (Å²) in [5.74, 6) is -0.0478. The number of rotatable bonds is 5.